The Hall–Kier alpha value is -1.79. The van der Waals surface area contributed by atoms with Crippen LogP contribution in [0.15, 0.2) is 12.1 Å². The molecule has 0 saturated carbocycles. The number of amides is 2. The summed E-state index contributed by atoms with van der Waals surface area (Å²) in [7, 11) is 1.55. The van der Waals surface area contributed by atoms with Crippen molar-refractivity contribution in [1.29, 1.82) is 0 Å². The number of likely N-dealkylation sites (tertiary alicyclic amines) is 1. The van der Waals surface area contributed by atoms with Crippen molar-refractivity contribution < 1.29 is 19.1 Å². The Morgan fingerprint density at radius 3 is 2.62 bits per heavy atom. The Morgan fingerprint density at radius 1 is 1.27 bits per heavy atom. The molecule has 3 rings (SSSR count). The number of hydrogen-bond acceptors (Lipinski definition) is 4. The summed E-state index contributed by atoms with van der Waals surface area (Å²) in [6.45, 7) is 3.73. The first-order valence-electron chi connectivity index (χ1n) is 9.05. The fourth-order valence-electron chi connectivity index (χ4n) is 3.50. The van der Waals surface area contributed by atoms with Gasteiger partial charge in [-0.1, -0.05) is 11.6 Å². The van der Waals surface area contributed by atoms with Crippen LogP contribution < -0.4 is 10.1 Å². The van der Waals surface area contributed by atoms with Crippen molar-refractivity contribution in [1.82, 2.24) is 4.90 Å². The molecular weight excluding hydrogens is 356 g/mol. The van der Waals surface area contributed by atoms with Gasteiger partial charge in [-0.3, -0.25) is 9.59 Å². The van der Waals surface area contributed by atoms with Gasteiger partial charge in [0, 0.05) is 36.7 Å². The van der Waals surface area contributed by atoms with Gasteiger partial charge in [-0.25, -0.2) is 0 Å². The molecule has 2 heterocycles. The van der Waals surface area contributed by atoms with E-state index in [0.717, 1.165) is 18.4 Å². The molecule has 1 N–H and O–H groups in total. The summed E-state index contributed by atoms with van der Waals surface area (Å²) in [5, 5.41) is 3.55. The summed E-state index contributed by atoms with van der Waals surface area (Å²) >= 11 is 6.11. The maximum absolute atomic E-state index is 12.6. The average Bonchev–Trinajstić information content (AvgIpc) is 3.18. The minimum absolute atomic E-state index is 0.0470. The third-order valence-electron chi connectivity index (χ3n) is 5.12. The number of piperidine rings is 1. The fourth-order valence-corrected chi connectivity index (χ4v) is 3.66. The summed E-state index contributed by atoms with van der Waals surface area (Å²) in [5.74, 6) is 0.440. The van der Waals surface area contributed by atoms with Crippen molar-refractivity contribution in [2.24, 2.45) is 5.92 Å². The second kappa shape index (κ2) is 8.27. The molecular formula is C19H25ClN2O4. The third-order valence-corrected chi connectivity index (χ3v) is 5.53. The van der Waals surface area contributed by atoms with Crippen molar-refractivity contribution in [3.05, 3.63) is 22.7 Å². The van der Waals surface area contributed by atoms with Gasteiger partial charge in [0.25, 0.3) is 5.91 Å². The molecule has 0 radical (unpaired) electrons. The molecule has 6 nitrogen and oxygen atoms in total. The molecule has 2 fully saturated rings. The van der Waals surface area contributed by atoms with Crippen LogP contribution in [0.2, 0.25) is 5.02 Å². The molecule has 2 aliphatic heterocycles. The first kappa shape index (κ1) is 19.0. The van der Waals surface area contributed by atoms with E-state index >= 15 is 0 Å². The lowest BCUT2D eigenvalue weighted by molar-refractivity contribution is -0.143. The van der Waals surface area contributed by atoms with E-state index in [1.807, 2.05) is 17.9 Å². The summed E-state index contributed by atoms with van der Waals surface area (Å²) in [4.78, 5) is 26.9. The summed E-state index contributed by atoms with van der Waals surface area (Å²) in [5.41, 5.74) is 1.50. The van der Waals surface area contributed by atoms with Crippen LogP contribution in [0.3, 0.4) is 0 Å². The number of hydrogen-bond donors (Lipinski definition) is 1. The summed E-state index contributed by atoms with van der Waals surface area (Å²) in [6, 6.07) is 3.52. The Morgan fingerprint density at radius 2 is 2.00 bits per heavy atom. The summed E-state index contributed by atoms with van der Waals surface area (Å²) < 4.78 is 10.8. The van der Waals surface area contributed by atoms with Gasteiger partial charge in [0.1, 0.15) is 11.9 Å². The monoisotopic (exact) mass is 380 g/mol. The number of carbonyl (C=O) groups is 2. The Bertz CT molecular complexity index is 680. The smallest absolute Gasteiger partial charge is 0.251 e. The molecule has 2 amide bonds. The van der Waals surface area contributed by atoms with Gasteiger partial charge < -0.3 is 19.7 Å². The van der Waals surface area contributed by atoms with Crippen molar-refractivity contribution >= 4 is 29.1 Å². The minimum atomic E-state index is -0.290. The van der Waals surface area contributed by atoms with Crippen molar-refractivity contribution in [2.75, 3.05) is 32.1 Å². The highest BCUT2D eigenvalue weighted by molar-refractivity contribution is 6.31. The second-order valence-corrected chi connectivity index (χ2v) is 7.30. The van der Waals surface area contributed by atoms with Crippen molar-refractivity contribution in [2.45, 2.75) is 38.7 Å². The first-order valence-corrected chi connectivity index (χ1v) is 9.42. The zero-order chi connectivity index (χ0) is 18.7. The second-order valence-electron chi connectivity index (χ2n) is 6.89. The standard InChI is InChI=1S/C19H25ClN2O4/c1-12-10-15(17(25-2)11-14(12)20)21-18(23)13-5-7-22(8-6-13)19(24)16-4-3-9-26-16/h10-11,13,16H,3-9H2,1-2H3,(H,21,23). The number of halogens is 1. The Labute approximate surface area is 158 Å². The topological polar surface area (TPSA) is 67.9 Å². The van der Waals surface area contributed by atoms with Gasteiger partial charge in [-0.15, -0.1) is 0 Å². The van der Waals surface area contributed by atoms with Crippen LogP contribution in [0.1, 0.15) is 31.2 Å². The van der Waals surface area contributed by atoms with Crippen LogP contribution in [0, 0.1) is 12.8 Å². The summed E-state index contributed by atoms with van der Waals surface area (Å²) in [6.07, 6.45) is 2.76. The fraction of sp³-hybridized carbons (Fsp3) is 0.579. The Kier molecular flexibility index (Phi) is 6.04. The molecule has 0 aromatic heterocycles. The largest absolute Gasteiger partial charge is 0.495 e. The highest BCUT2D eigenvalue weighted by Crippen LogP contribution is 2.32. The van der Waals surface area contributed by atoms with E-state index in [2.05, 4.69) is 5.32 Å². The van der Waals surface area contributed by atoms with Gasteiger partial charge >= 0.3 is 0 Å². The highest BCUT2D eigenvalue weighted by Gasteiger charge is 2.32. The minimum Gasteiger partial charge on any atom is -0.495 e. The van der Waals surface area contributed by atoms with E-state index in [-0.39, 0.29) is 23.8 Å². The quantitative estimate of drug-likeness (QED) is 0.871. The van der Waals surface area contributed by atoms with E-state index in [4.69, 9.17) is 21.1 Å². The number of anilines is 1. The number of aryl methyl sites for hydroxylation is 1. The molecule has 2 aliphatic rings. The zero-order valence-corrected chi connectivity index (χ0v) is 16.0. The SMILES string of the molecule is COc1cc(Cl)c(C)cc1NC(=O)C1CCN(C(=O)C2CCCO2)CC1. The van der Waals surface area contributed by atoms with Gasteiger partial charge in [-0.05, 0) is 44.2 Å². The average molecular weight is 381 g/mol. The third kappa shape index (κ3) is 4.13. The molecule has 0 aliphatic carbocycles. The molecule has 0 bridgehead atoms. The number of rotatable bonds is 4. The predicted molar refractivity (Wildman–Crippen MR) is 99.6 cm³/mol. The van der Waals surface area contributed by atoms with E-state index in [1.165, 1.54) is 0 Å². The van der Waals surface area contributed by atoms with E-state index in [0.29, 0.717) is 49.0 Å². The number of carbonyl (C=O) groups excluding carboxylic acids is 2. The highest BCUT2D eigenvalue weighted by atomic mass is 35.5. The van der Waals surface area contributed by atoms with Gasteiger partial charge in [0.05, 0.1) is 12.8 Å². The van der Waals surface area contributed by atoms with Crippen LogP contribution >= 0.6 is 11.6 Å². The van der Waals surface area contributed by atoms with Gasteiger partial charge in [0.15, 0.2) is 0 Å². The predicted octanol–water partition coefficient (Wildman–Crippen LogP) is 3.01. The zero-order valence-electron chi connectivity index (χ0n) is 15.2. The molecule has 1 aromatic carbocycles. The lowest BCUT2D eigenvalue weighted by Gasteiger charge is -2.32. The number of nitrogens with one attached hydrogen (secondary N) is 1. The first-order chi connectivity index (χ1) is 12.5. The van der Waals surface area contributed by atoms with Crippen molar-refractivity contribution in [3.8, 4) is 5.75 Å². The number of nitrogens with zero attached hydrogens (tertiary/aromatic N) is 1. The maximum atomic E-state index is 12.6. The van der Waals surface area contributed by atoms with Crippen LogP contribution in [0.25, 0.3) is 0 Å². The molecule has 1 unspecified atom stereocenters. The van der Waals surface area contributed by atoms with E-state index in [9.17, 15) is 9.59 Å². The number of methoxy groups -OCH3 is 1. The number of benzene rings is 1. The number of ether oxygens (including phenoxy) is 2. The van der Waals surface area contributed by atoms with Crippen LogP contribution in [0.4, 0.5) is 5.69 Å². The normalized spacial score (nSPS) is 20.9. The molecule has 2 saturated heterocycles. The van der Waals surface area contributed by atoms with Gasteiger partial charge in [0.2, 0.25) is 5.91 Å². The molecule has 26 heavy (non-hydrogen) atoms. The molecule has 1 aromatic rings. The maximum Gasteiger partial charge on any atom is 0.251 e. The molecule has 7 heteroatoms. The van der Waals surface area contributed by atoms with E-state index in [1.54, 1.807) is 13.2 Å². The van der Waals surface area contributed by atoms with Crippen LogP contribution in [-0.4, -0.2) is 49.6 Å². The molecule has 1 atom stereocenters. The van der Waals surface area contributed by atoms with Gasteiger partial charge in [-0.2, -0.15) is 0 Å². The van der Waals surface area contributed by atoms with Crippen LogP contribution in [-0.2, 0) is 14.3 Å². The lowest BCUT2D eigenvalue weighted by Crippen LogP contribution is -2.45. The van der Waals surface area contributed by atoms with Crippen LogP contribution in [0.5, 0.6) is 5.75 Å². The lowest BCUT2D eigenvalue weighted by atomic mass is 9.95. The molecule has 142 valence electrons. The van der Waals surface area contributed by atoms with E-state index < -0.39 is 0 Å². The Balaban J connectivity index is 1.57. The molecule has 0 spiro atoms. The van der Waals surface area contributed by atoms with Crippen molar-refractivity contribution in [3.63, 3.8) is 0 Å².